The number of aliphatic carboxylic acids is 1. The summed E-state index contributed by atoms with van der Waals surface area (Å²) in [6.45, 7) is 7.00. The smallest absolute Gasteiger partial charge is 0.323 e. The highest BCUT2D eigenvalue weighted by Gasteiger charge is 2.40. The Hall–Kier alpha value is -0.610. The third-order valence-electron chi connectivity index (χ3n) is 3.65. The van der Waals surface area contributed by atoms with Gasteiger partial charge in [-0.2, -0.15) is 0 Å². The van der Waals surface area contributed by atoms with Crippen molar-refractivity contribution in [1.29, 1.82) is 0 Å². The van der Waals surface area contributed by atoms with Gasteiger partial charge < -0.3 is 9.84 Å². The van der Waals surface area contributed by atoms with Gasteiger partial charge in [0.2, 0.25) is 0 Å². The van der Waals surface area contributed by atoms with Crippen LogP contribution in [-0.2, 0) is 9.53 Å². The van der Waals surface area contributed by atoms with E-state index >= 15 is 0 Å². The van der Waals surface area contributed by atoms with E-state index in [0.29, 0.717) is 6.61 Å². The van der Waals surface area contributed by atoms with Crippen molar-refractivity contribution in [2.75, 3.05) is 26.3 Å². The van der Waals surface area contributed by atoms with E-state index in [2.05, 4.69) is 11.8 Å². The van der Waals surface area contributed by atoms with E-state index in [1.165, 1.54) is 0 Å². The molecule has 1 saturated heterocycles. The SMILES string of the molecule is CCCCOCCN1CCCCC1(C)C(=O)O. The molecule has 1 aliphatic heterocycles. The van der Waals surface area contributed by atoms with E-state index in [1.807, 2.05) is 6.92 Å². The van der Waals surface area contributed by atoms with Crippen molar-refractivity contribution in [2.45, 2.75) is 51.5 Å². The van der Waals surface area contributed by atoms with Crippen molar-refractivity contribution in [2.24, 2.45) is 0 Å². The van der Waals surface area contributed by atoms with Gasteiger partial charge in [0.1, 0.15) is 5.54 Å². The molecule has 0 aliphatic carbocycles. The molecule has 4 heteroatoms. The monoisotopic (exact) mass is 243 g/mol. The summed E-state index contributed by atoms with van der Waals surface area (Å²) in [6.07, 6.45) is 5.07. The van der Waals surface area contributed by atoms with E-state index in [0.717, 1.165) is 51.8 Å². The molecule has 17 heavy (non-hydrogen) atoms. The molecule has 0 bridgehead atoms. The number of likely N-dealkylation sites (tertiary alicyclic amines) is 1. The molecule has 1 fully saturated rings. The molecule has 4 nitrogen and oxygen atoms in total. The van der Waals surface area contributed by atoms with Crippen LogP contribution in [0.2, 0.25) is 0 Å². The second kappa shape index (κ2) is 6.97. The number of carbonyl (C=O) groups is 1. The number of hydrogen-bond donors (Lipinski definition) is 1. The van der Waals surface area contributed by atoms with Crippen LogP contribution in [0.5, 0.6) is 0 Å². The number of carboxylic acids is 1. The van der Waals surface area contributed by atoms with Crippen molar-refractivity contribution >= 4 is 5.97 Å². The third kappa shape index (κ3) is 3.96. The number of ether oxygens (including phenoxy) is 1. The van der Waals surface area contributed by atoms with Gasteiger partial charge in [0.05, 0.1) is 6.61 Å². The first kappa shape index (κ1) is 14.5. The highest BCUT2D eigenvalue weighted by Crippen LogP contribution is 2.27. The molecule has 0 aromatic rings. The van der Waals surface area contributed by atoms with Gasteiger partial charge >= 0.3 is 5.97 Å². The van der Waals surface area contributed by atoms with Crippen LogP contribution >= 0.6 is 0 Å². The minimum absolute atomic E-state index is 0.642. The van der Waals surface area contributed by atoms with Crippen LogP contribution in [0.25, 0.3) is 0 Å². The Labute approximate surface area is 104 Å². The van der Waals surface area contributed by atoms with Crippen molar-refractivity contribution in [3.8, 4) is 0 Å². The molecule has 0 spiro atoms. The first-order valence-electron chi connectivity index (χ1n) is 6.67. The zero-order valence-electron chi connectivity index (χ0n) is 11.1. The first-order chi connectivity index (χ1) is 8.11. The van der Waals surface area contributed by atoms with Crippen LogP contribution < -0.4 is 0 Å². The molecule has 0 radical (unpaired) electrons. The van der Waals surface area contributed by atoms with Crippen LogP contribution in [0, 0.1) is 0 Å². The van der Waals surface area contributed by atoms with Crippen molar-refractivity contribution in [3.05, 3.63) is 0 Å². The van der Waals surface area contributed by atoms with Crippen molar-refractivity contribution in [1.82, 2.24) is 4.90 Å². The van der Waals surface area contributed by atoms with Crippen molar-refractivity contribution in [3.63, 3.8) is 0 Å². The molecule has 1 atom stereocenters. The Balaban J connectivity index is 2.36. The summed E-state index contributed by atoms with van der Waals surface area (Å²) < 4.78 is 5.52. The molecule has 1 unspecified atom stereocenters. The summed E-state index contributed by atoms with van der Waals surface area (Å²) in [5.41, 5.74) is -0.688. The molecule has 100 valence electrons. The van der Waals surface area contributed by atoms with Gasteiger partial charge in [0.25, 0.3) is 0 Å². The molecule has 0 aromatic heterocycles. The molecular weight excluding hydrogens is 218 g/mol. The van der Waals surface area contributed by atoms with Gasteiger partial charge in [-0.1, -0.05) is 13.3 Å². The minimum Gasteiger partial charge on any atom is -0.480 e. The lowest BCUT2D eigenvalue weighted by Gasteiger charge is -2.41. The molecule has 0 saturated carbocycles. The number of piperidine rings is 1. The van der Waals surface area contributed by atoms with Gasteiger partial charge in [-0.25, -0.2) is 0 Å². The van der Waals surface area contributed by atoms with Gasteiger partial charge in [-0.15, -0.1) is 0 Å². The third-order valence-corrected chi connectivity index (χ3v) is 3.65. The molecule has 1 aliphatic rings. The average molecular weight is 243 g/mol. The lowest BCUT2D eigenvalue weighted by atomic mass is 9.88. The number of rotatable bonds is 7. The predicted molar refractivity (Wildman–Crippen MR) is 67.2 cm³/mol. The second-order valence-corrected chi connectivity index (χ2v) is 4.99. The molecule has 1 heterocycles. The summed E-state index contributed by atoms with van der Waals surface area (Å²) in [5, 5.41) is 9.33. The number of nitrogens with zero attached hydrogens (tertiary/aromatic N) is 1. The fourth-order valence-electron chi connectivity index (χ4n) is 2.30. The first-order valence-corrected chi connectivity index (χ1v) is 6.67. The fourth-order valence-corrected chi connectivity index (χ4v) is 2.30. The topological polar surface area (TPSA) is 49.8 Å². The molecule has 0 aromatic carbocycles. The molecule has 0 amide bonds. The number of unbranched alkanes of at least 4 members (excludes halogenated alkanes) is 1. The van der Waals surface area contributed by atoms with Crippen LogP contribution in [0.1, 0.15) is 46.0 Å². The molecule has 1 rings (SSSR count). The predicted octanol–water partition coefficient (Wildman–Crippen LogP) is 2.13. The summed E-state index contributed by atoms with van der Waals surface area (Å²) in [6, 6.07) is 0. The highest BCUT2D eigenvalue weighted by molar-refractivity contribution is 5.78. The summed E-state index contributed by atoms with van der Waals surface area (Å²) in [7, 11) is 0. The van der Waals surface area contributed by atoms with E-state index < -0.39 is 11.5 Å². The fraction of sp³-hybridized carbons (Fsp3) is 0.923. The Morgan fingerprint density at radius 2 is 2.18 bits per heavy atom. The zero-order chi connectivity index (χ0) is 12.7. The second-order valence-electron chi connectivity index (χ2n) is 4.99. The van der Waals surface area contributed by atoms with E-state index in [1.54, 1.807) is 0 Å². The molecular formula is C13H25NO3. The van der Waals surface area contributed by atoms with Gasteiger partial charge in [0.15, 0.2) is 0 Å². The highest BCUT2D eigenvalue weighted by atomic mass is 16.5. The lowest BCUT2D eigenvalue weighted by Crippen LogP contribution is -2.55. The Kier molecular flexibility index (Phi) is 5.92. The maximum absolute atomic E-state index is 11.3. The van der Waals surface area contributed by atoms with E-state index in [9.17, 15) is 9.90 Å². The van der Waals surface area contributed by atoms with Crippen LogP contribution in [-0.4, -0.2) is 47.8 Å². The van der Waals surface area contributed by atoms with Gasteiger partial charge in [0, 0.05) is 13.2 Å². The van der Waals surface area contributed by atoms with Crippen LogP contribution in [0.3, 0.4) is 0 Å². The van der Waals surface area contributed by atoms with E-state index in [-0.39, 0.29) is 0 Å². The number of hydrogen-bond acceptors (Lipinski definition) is 3. The largest absolute Gasteiger partial charge is 0.480 e. The zero-order valence-corrected chi connectivity index (χ0v) is 11.1. The maximum atomic E-state index is 11.3. The Bertz CT molecular complexity index is 245. The Morgan fingerprint density at radius 3 is 2.82 bits per heavy atom. The van der Waals surface area contributed by atoms with Gasteiger partial charge in [-0.05, 0) is 39.2 Å². The van der Waals surface area contributed by atoms with E-state index in [4.69, 9.17) is 4.74 Å². The minimum atomic E-state index is -0.703. The maximum Gasteiger partial charge on any atom is 0.323 e. The number of carboxylic acid groups (broad SMARTS) is 1. The molecule has 1 N–H and O–H groups in total. The lowest BCUT2D eigenvalue weighted by molar-refractivity contribution is -0.153. The van der Waals surface area contributed by atoms with Crippen LogP contribution in [0.15, 0.2) is 0 Å². The Morgan fingerprint density at radius 1 is 1.41 bits per heavy atom. The quantitative estimate of drug-likeness (QED) is 0.696. The van der Waals surface area contributed by atoms with Crippen LogP contribution in [0.4, 0.5) is 0 Å². The summed E-state index contributed by atoms with van der Waals surface area (Å²) in [5.74, 6) is -0.703. The summed E-state index contributed by atoms with van der Waals surface area (Å²) in [4.78, 5) is 13.4. The summed E-state index contributed by atoms with van der Waals surface area (Å²) >= 11 is 0. The van der Waals surface area contributed by atoms with Gasteiger partial charge in [-0.3, -0.25) is 9.69 Å². The normalized spacial score (nSPS) is 26.0. The van der Waals surface area contributed by atoms with Crippen molar-refractivity contribution < 1.29 is 14.6 Å². The standard InChI is InChI=1S/C13H25NO3/c1-3-4-10-17-11-9-14-8-6-5-7-13(14,2)12(15)16/h3-11H2,1-2H3,(H,15,16). The average Bonchev–Trinajstić information content (AvgIpc) is 2.31.